The van der Waals surface area contributed by atoms with E-state index in [0.717, 1.165) is 32.2 Å². The number of hydrogen-bond acceptors (Lipinski definition) is 3. The smallest absolute Gasteiger partial charge is 0.214 e. The molecule has 0 heterocycles. The van der Waals surface area contributed by atoms with Crippen LogP contribution < -0.4 is 5.32 Å². The van der Waals surface area contributed by atoms with Crippen LogP contribution in [0, 0.1) is 5.92 Å². The van der Waals surface area contributed by atoms with Crippen molar-refractivity contribution >= 4 is 10.0 Å². The summed E-state index contributed by atoms with van der Waals surface area (Å²) >= 11 is 0. The molecule has 5 heteroatoms. The molecule has 0 aromatic heterocycles. The van der Waals surface area contributed by atoms with Gasteiger partial charge in [-0.2, -0.15) is 0 Å². The topological polar surface area (TPSA) is 49.4 Å². The first-order chi connectivity index (χ1) is 8.51. The highest BCUT2D eigenvalue weighted by molar-refractivity contribution is 7.89. The molecule has 0 aliphatic heterocycles. The predicted octanol–water partition coefficient (Wildman–Crippen LogP) is 2.07. The molecular formula is C13H30N2O2S. The predicted molar refractivity (Wildman–Crippen MR) is 78.3 cm³/mol. The third kappa shape index (κ3) is 6.71. The van der Waals surface area contributed by atoms with Gasteiger partial charge in [-0.05, 0) is 32.4 Å². The van der Waals surface area contributed by atoms with Crippen molar-refractivity contribution in [2.45, 2.75) is 46.5 Å². The molecule has 0 radical (unpaired) electrons. The standard InChI is InChI=1S/C13H30N2O2S/c1-5-13(6-2)12-15(7-3)18(16,17)11-9-8-10-14-4/h13-14H,5-12H2,1-4H3. The Bertz CT molecular complexity index is 287. The van der Waals surface area contributed by atoms with E-state index in [-0.39, 0.29) is 5.75 Å². The van der Waals surface area contributed by atoms with E-state index in [2.05, 4.69) is 19.2 Å². The van der Waals surface area contributed by atoms with Crippen LogP contribution in [0.5, 0.6) is 0 Å². The number of nitrogens with one attached hydrogen (secondary N) is 1. The summed E-state index contributed by atoms with van der Waals surface area (Å²) in [6, 6.07) is 0. The molecular weight excluding hydrogens is 248 g/mol. The summed E-state index contributed by atoms with van der Waals surface area (Å²) in [7, 11) is -1.17. The molecule has 110 valence electrons. The quantitative estimate of drug-likeness (QED) is 0.589. The summed E-state index contributed by atoms with van der Waals surface area (Å²) in [5.74, 6) is 0.764. The first-order valence-corrected chi connectivity index (χ1v) is 8.75. The molecule has 0 bridgehead atoms. The minimum atomic E-state index is -3.06. The van der Waals surface area contributed by atoms with Crippen molar-refractivity contribution in [1.29, 1.82) is 0 Å². The monoisotopic (exact) mass is 278 g/mol. The van der Waals surface area contributed by atoms with E-state index in [4.69, 9.17) is 0 Å². The minimum absolute atomic E-state index is 0.280. The lowest BCUT2D eigenvalue weighted by atomic mass is 10.0. The van der Waals surface area contributed by atoms with Gasteiger partial charge in [0, 0.05) is 13.1 Å². The Labute approximate surface area is 113 Å². The van der Waals surface area contributed by atoms with E-state index < -0.39 is 10.0 Å². The molecule has 0 aromatic carbocycles. The van der Waals surface area contributed by atoms with Crippen LogP contribution in [0.25, 0.3) is 0 Å². The van der Waals surface area contributed by atoms with E-state index in [1.165, 1.54) is 0 Å². The van der Waals surface area contributed by atoms with Crippen LogP contribution >= 0.6 is 0 Å². The molecule has 0 saturated carbocycles. The Morgan fingerprint density at radius 2 is 1.72 bits per heavy atom. The van der Waals surface area contributed by atoms with E-state index in [1.807, 2.05) is 14.0 Å². The Balaban J connectivity index is 4.33. The van der Waals surface area contributed by atoms with Crippen LogP contribution in [0.4, 0.5) is 0 Å². The summed E-state index contributed by atoms with van der Waals surface area (Å²) in [6.07, 6.45) is 3.74. The average molecular weight is 278 g/mol. The van der Waals surface area contributed by atoms with Crippen molar-refractivity contribution in [3.05, 3.63) is 0 Å². The van der Waals surface area contributed by atoms with Crippen molar-refractivity contribution in [3.8, 4) is 0 Å². The second-order valence-corrected chi connectivity index (χ2v) is 6.85. The van der Waals surface area contributed by atoms with E-state index in [0.29, 0.717) is 19.0 Å². The zero-order chi connectivity index (χ0) is 14.0. The van der Waals surface area contributed by atoms with Gasteiger partial charge in [0.05, 0.1) is 5.75 Å². The molecule has 0 aromatic rings. The molecule has 0 spiro atoms. The Kier molecular flexibility index (Phi) is 9.68. The van der Waals surface area contributed by atoms with Crippen molar-refractivity contribution in [3.63, 3.8) is 0 Å². The highest BCUT2D eigenvalue weighted by Gasteiger charge is 2.22. The highest BCUT2D eigenvalue weighted by Crippen LogP contribution is 2.14. The van der Waals surface area contributed by atoms with Crippen molar-refractivity contribution < 1.29 is 8.42 Å². The average Bonchev–Trinajstić information content (AvgIpc) is 2.36. The van der Waals surface area contributed by atoms with Crippen LogP contribution in [0.3, 0.4) is 0 Å². The van der Waals surface area contributed by atoms with Gasteiger partial charge in [-0.25, -0.2) is 12.7 Å². The SMILES string of the molecule is CCC(CC)CN(CC)S(=O)(=O)CCCCNC. The highest BCUT2D eigenvalue weighted by atomic mass is 32.2. The molecule has 1 N–H and O–H groups in total. The van der Waals surface area contributed by atoms with Crippen LogP contribution in [-0.2, 0) is 10.0 Å². The molecule has 0 rings (SSSR count). The fraction of sp³-hybridized carbons (Fsp3) is 1.00. The third-order valence-electron chi connectivity index (χ3n) is 3.44. The lowest BCUT2D eigenvalue weighted by molar-refractivity contribution is 0.338. The molecule has 0 saturated heterocycles. The summed E-state index contributed by atoms with van der Waals surface area (Å²) in [6.45, 7) is 8.33. The molecule has 18 heavy (non-hydrogen) atoms. The minimum Gasteiger partial charge on any atom is -0.320 e. The van der Waals surface area contributed by atoms with Gasteiger partial charge in [-0.1, -0.05) is 33.6 Å². The summed E-state index contributed by atoms with van der Waals surface area (Å²) < 4.78 is 26.1. The second-order valence-electron chi connectivity index (χ2n) is 4.76. The van der Waals surface area contributed by atoms with Gasteiger partial charge in [0.15, 0.2) is 0 Å². The first kappa shape index (κ1) is 17.9. The van der Waals surface area contributed by atoms with Gasteiger partial charge < -0.3 is 5.32 Å². The van der Waals surface area contributed by atoms with Gasteiger partial charge in [0.2, 0.25) is 10.0 Å². The molecule has 0 aliphatic carbocycles. The van der Waals surface area contributed by atoms with Crippen molar-refractivity contribution in [1.82, 2.24) is 9.62 Å². The number of sulfonamides is 1. The van der Waals surface area contributed by atoms with Crippen LogP contribution in [0.1, 0.15) is 46.5 Å². The summed E-state index contributed by atoms with van der Waals surface area (Å²) in [5, 5.41) is 3.04. The Hall–Kier alpha value is -0.130. The summed E-state index contributed by atoms with van der Waals surface area (Å²) in [4.78, 5) is 0. The normalized spacial score (nSPS) is 12.6. The molecule has 0 unspecified atom stereocenters. The molecule has 0 aliphatic rings. The van der Waals surface area contributed by atoms with Gasteiger partial charge in [-0.3, -0.25) is 0 Å². The van der Waals surface area contributed by atoms with E-state index >= 15 is 0 Å². The maximum Gasteiger partial charge on any atom is 0.214 e. The van der Waals surface area contributed by atoms with Crippen LogP contribution in [-0.4, -0.2) is 45.2 Å². The Morgan fingerprint density at radius 1 is 1.11 bits per heavy atom. The van der Waals surface area contributed by atoms with Gasteiger partial charge in [-0.15, -0.1) is 0 Å². The molecule has 0 fully saturated rings. The lowest BCUT2D eigenvalue weighted by Gasteiger charge is -2.24. The summed E-state index contributed by atoms with van der Waals surface area (Å²) in [5.41, 5.74) is 0. The fourth-order valence-electron chi connectivity index (χ4n) is 1.99. The largest absolute Gasteiger partial charge is 0.320 e. The van der Waals surface area contributed by atoms with Crippen LogP contribution in [0.2, 0.25) is 0 Å². The zero-order valence-corrected chi connectivity index (χ0v) is 13.2. The molecule has 0 amide bonds. The van der Waals surface area contributed by atoms with Gasteiger partial charge in [0.25, 0.3) is 0 Å². The lowest BCUT2D eigenvalue weighted by Crippen LogP contribution is -2.36. The first-order valence-electron chi connectivity index (χ1n) is 7.14. The van der Waals surface area contributed by atoms with Crippen molar-refractivity contribution in [2.75, 3.05) is 32.4 Å². The van der Waals surface area contributed by atoms with Crippen LogP contribution in [0.15, 0.2) is 0 Å². The second kappa shape index (κ2) is 9.75. The molecule has 0 atom stereocenters. The maximum atomic E-state index is 12.2. The maximum absolute atomic E-state index is 12.2. The number of unbranched alkanes of at least 4 members (excludes halogenated alkanes) is 1. The van der Waals surface area contributed by atoms with Gasteiger partial charge >= 0.3 is 0 Å². The Morgan fingerprint density at radius 3 is 2.17 bits per heavy atom. The number of hydrogen-bond donors (Lipinski definition) is 1. The number of nitrogens with zero attached hydrogens (tertiary/aromatic N) is 1. The molecule has 4 nitrogen and oxygen atoms in total. The van der Waals surface area contributed by atoms with Crippen molar-refractivity contribution in [2.24, 2.45) is 5.92 Å². The zero-order valence-electron chi connectivity index (χ0n) is 12.4. The number of rotatable bonds is 11. The van der Waals surface area contributed by atoms with Gasteiger partial charge in [0.1, 0.15) is 0 Å². The third-order valence-corrected chi connectivity index (χ3v) is 5.44. The van der Waals surface area contributed by atoms with E-state index in [1.54, 1.807) is 4.31 Å². The fourth-order valence-corrected chi connectivity index (χ4v) is 3.65. The van der Waals surface area contributed by atoms with E-state index in [9.17, 15) is 8.42 Å².